The van der Waals surface area contributed by atoms with Crippen molar-refractivity contribution in [3.63, 3.8) is 0 Å². The SMILES string of the molecule is COc1ccc(CC(=O)N(Cc2cccc(Cl)c2)C(C)C(=O)NC2CCCC2)cc1. The third-order valence-electron chi connectivity index (χ3n) is 5.63. The van der Waals surface area contributed by atoms with Crippen LogP contribution in [0.4, 0.5) is 0 Å². The zero-order valence-electron chi connectivity index (χ0n) is 17.6. The highest BCUT2D eigenvalue weighted by Crippen LogP contribution is 2.20. The molecule has 3 rings (SSSR count). The first-order valence-electron chi connectivity index (χ1n) is 10.4. The van der Waals surface area contributed by atoms with Gasteiger partial charge in [0.15, 0.2) is 0 Å². The van der Waals surface area contributed by atoms with Crippen molar-refractivity contribution in [2.24, 2.45) is 0 Å². The molecule has 0 aliphatic heterocycles. The van der Waals surface area contributed by atoms with Crippen molar-refractivity contribution in [3.8, 4) is 5.75 Å². The summed E-state index contributed by atoms with van der Waals surface area (Å²) < 4.78 is 5.18. The summed E-state index contributed by atoms with van der Waals surface area (Å²) in [7, 11) is 1.61. The molecule has 0 spiro atoms. The van der Waals surface area contributed by atoms with E-state index in [0.717, 1.165) is 42.6 Å². The Kier molecular flexibility index (Phi) is 7.75. The molecule has 1 fully saturated rings. The minimum absolute atomic E-state index is 0.103. The van der Waals surface area contributed by atoms with Gasteiger partial charge in [-0.2, -0.15) is 0 Å². The third-order valence-corrected chi connectivity index (χ3v) is 5.86. The first-order valence-corrected chi connectivity index (χ1v) is 10.8. The molecule has 1 atom stereocenters. The van der Waals surface area contributed by atoms with E-state index in [1.54, 1.807) is 25.0 Å². The smallest absolute Gasteiger partial charge is 0.242 e. The number of nitrogens with zero attached hydrogens (tertiary/aromatic N) is 1. The molecule has 2 aromatic carbocycles. The number of hydrogen-bond acceptors (Lipinski definition) is 3. The van der Waals surface area contributed by atoms with Gasteiger partial charge >= 0.3 is 0 Å². The van der Waals surface area contributed by atoms with E-state index in [4.69, 9.17) is 16.3 Å². The second-order valence-electron chi connectivity index (χ2n) is 7.84. The van der Waals surface area contributed by atoms with Crippen LogP contribution in [0.5, 0.6) is 5.75 Å². The van der Waals surface area contributed by atoms with Crippen LogP contribution in [0.1, 0.15) is 43.7 Å². The summed E-state index contributed by atoms with van der Waals surface area (Å²) >= 11 is 6.13. The molecule has 5 nitrogen and oxygen atoms in total. The first-order chi connectivity index (χ1) is 14.5. The van der Waals surface area contributed by atoms with Crippen LogP contribution >= 0.6 is 11.6 Å². The Balaban J connectivity index is 1.75. The molecule has 0 heterocycles. The van der Waals surface area contributed by atoms with Gasteiger partial charge in [-0.1, -0.05) is 48.7 Å². The van der Waals surface area contributed by atoms with E-state index in [0.29, 0.717) is 11.6 Å². The van der Waals surface area contributed by atoms with Crippen molar-refractivity contribution in [2.75, 3.05) is 7.11 Å². The highest BCUT2D eigenvalue weighted by Gasteiger charge is 2.28. The van der Waals surface area contributed by atoms with E-state index in [9.17, 15) is 9.59 Å². The average Bonchev–Trinajstić information content (AvgIpc) is 3.25. The number of carbonyl (C=O) groups is 2. The maximum Gasteiger partial charge on any atom is 0.242 e. The molecule has 30 heavy (non-hydrogen) atoms. The van der Waals surface area contributed by atoms with Gasteiger partial charge in [0.05, 0.1) is 13.5 Å². The lowest BCUT2D eigenvalue weighted by Gasteiger charge is -2.30. The van der Waals surface area contributed by atoms with Crippen molar-refractivity contribution >= 4 is 23.4 Å². The first kappa shape index (κ1) is 22.2. The van der Waals surface area contributed by atoms with Gasteiger partial charge in [-0.15, -0.1) is 0 Å². The Hall–Kier alpha value is -2.53. The van der Waals surface area contributed by atoms with Crippen LogP contribution < -0.4 is 10.1 Å². The van der Waals surface area contributed by atoms with Crippen molar-refractivity contribution in [2.45, 2.75) is 57.7 Å². The number of amides is 2. The Morgan fingerprint density at radius 2 is 1.83 bits per heavy atom. The summed E-state index contributed by atoms with van der Waals surface area (Å²) in [6.45, 7) is 2.12. The van der Waals surface area contributed by atoms with E-state index in [-0.39, 0.29) is 24.3 Å². The molecule has 0 radical (unpaired) electrons. The molecule has 0 bridgehead atoms. The topological polar surface area (TPSA) is 58.6 Å². The van der Waals surface area contributed by atoms with E-state index < -0.39 is 6.04 Å². The quantitative estimate of drug-likeness (QED) is 0.679. The summed E-state index contributed by atoms with van der Waals surface area (Å²) in [5.74, 6) is 0.535. The number of rotatable bonds is 8. The number of nitrogens with one attached hydrogen (secondary N) is 1. The molecule has 1 aliphatic rings. The summed E-state index contributed by atoms with van der Waals surface area (Å²) in [5.41, 5.74) is 1.77. The molecular formula is C24H29ClN2O3. The summed E-state index contributed by atoms with van der Waals surface area (Å²) in [4.78, 5) is 27.8. The van der Waals surface area contributed by atoms with Crippen LogP contribution in [0.2, 0.25) is 5.02 Å². The summed E-state index contributed by atoms with van der Waals surface area (Å²) in [6.07, 6.45) is 4.51. The second-order valence-corrected chi connectivity index (χ2v) is 8.28. The lowest BCUT2D eigenvalue weighted by Crippen LogP contribution is -2.50. The molecule has 2 amide bonds. The predicted octanol–water partition coefficient (Wildman–Crippen LogP) is 4.37. The van der Waals surface area contributed by atoms with Gasteiger partial charge in [0.1, 0.15) is 11.8 Å². The molecule has 0 aromatic heterocycles. The van der Waals surface area contributed by atoms with Gasteiger partial charge in [0.2, 0.25) is 11.8 Å². The van der Waals surface area contributed by atoms with E-state index >= 15 is 0 Å². The fourth-order valence-electron chi connectivity index (χ4n) is 3.83. The molecule has 0 saturated heterocycles. The van der Waals surface area contributed by atoms with Crippen LogP contribution in [0.15, 0.2) is 48.5 Å². The van der Waals surface area contributed by atoms with Crippen LogP contribution in [0.25, 0.3) is 0 Å². The van der Waals surface area contributed by atoms with Crippen LogP contribution in [-0.2, 0) is 22.6 Å². The monoisotopic (exact) mass is 428 g/mol. The fourth-order valence-corrected chi connectivity index (χ4v) is 4.04. The molecule has 1 saturated carbocycles. The summed E-state index contributed by atoms with van der Waals surface area (Å²) in [5, 5.41) is 3.72. The van der Waals surface area contributed by atoms with E-state index in [1.807, 2.05) is 42.5 Å². The van der Waals surface area contributed by atoms with Crippen molar-refractivity contribution in [1.82, 2.24) is 10.2 Å². The molecule has 1 N–H and O–H groups in total. The van der Waals surface area contributed by atoms with Crippen LogP contribution in [0, 0.1) is 0 Å². The normalized spacial score (nSPS) is 14.9. The molecule has 6 heteroatoms. The van der Waals surface area contributed by atoms with Gasteiger partial charge in [0.25, 0.3) is 0 Å². The maximum absolute atomic E-state index is 13.2. The highest BCUT2D eigenvalue weighted by molar-refractivity contribution is 6.30. The van der Waals surface area contributed by atoms with Crippen molar-refractivity contribution < 1.29 is 14.3 Å². The Morgan fingerprint density at radius 3 is 2.47 bits per heavy atom. The zero-order chi connectivity index (χ0) is 21.5. The lowest BCUT2D eigenvalue weighted by atomic mass is 10.1. The van der Waals surface area contributed by atoms with Gasteiger partial charge in [0, 0.05) is 17.6 Å². The fraction of sp³-hybridized carbons (Fsp3) is 0.417. The number of hydrogen-bond donors (Lipinski definition) is 1. The van der Waals surface area contributed by atoms with Crippen LogP contribution in [-0.4, -0.2) is 35.9 Å². The van der Waals surface area contributed by atoms with Gasteiger partial charge in [-0.05, 0) is 55.2 Å². The lowest BCUT2D eigenvalue weighted by molar-refractivity contribution is -0.140. The van der Waals surface area contributed by atoms with E-state index in [1.165, 1.54) is 0 Å². The van der Waals surface area contributed by atoms with Crippen molar-refractivity contribution in [3.05, 3.63) is 64.7 Å². The third kappa shape index (κ3) is 5.99. The average molecular weight is 429 g/mol. The second kappa shape index (κ2) is 10.5. The maximum atomic E-state index is 13.2. The Bertz CT molecular complexity index is 863. The summed E-state index contributed by atoms with van der Waals surface area (Å²) in [6, 6.07) is 14.4. The number of ether oxygens (including phenoxy) is 1. The highest BCUT2D eigenvalue weighted by atomic mass is 35.5. The molecule has 160 valence electrons. The largest absolute Gasteiger partial charge is 0.497 e. The minimum atomic E-state index is -0.574. The molecular weight excluding hydrogens is 400 g/mol. The standard InChI is InChI=1S/C24H29ClN2O3/c1-17(24(29)26-21-8-3-4-9-21)27(16-19-6-5-7-20(25)14-19)23(28)15-18-10-12-22(30-2)13-11-18/h5-7,10-14,17,21H,3-4,8-9,15-16H2,1-2H3,(H,26,29). The Labute approximate surface area is 183 Å². The number of methoxy groups -OCH3 is 1. The number of halogens is 1. The van der Waals surface area contributed by atoms with Gasteiger partial charge in [-0.25, -0.2) is 0 Å². The van der Waals surface area contributed by atoms with Crippen LogP contribution in [0.3, 0.4) is 0 Å². The molecule has 1 aliphatic carbocycles. The molecule has 1 unspecified atom stereocenters. The zero-order valence-corrected chi connectivity index (χ0v) is 18.3. The predicted molar refractivity (Wildman–Crippen MR) is 119 cm³/mol. The Morgan fingerprint density at radius 1 is 1.13 bits per heavy atom. The van der Waals surface area contributed by atoms with Gasteiger partial charge in [-0.3, -0.25) is 9.59 Å². The minimum Gasteiger partial charge on any atom is -0.497 e. The number of benzene rings is 2. The molecule has 2 aromatic rings. The van der Waals surface area contributed by atoms with Gasteiger partial charge < -0.3 is 15.0 Å². The number of carbonyl (C=O) groups excluding carboxylic acids is 2. The van der Waals surface area contributed by atoms with E-state index in [2.05, 4.69) is 5.32 Å². The van der Waals surface area contributed by atoms with Crippen molar-refractivity contribution in [1.29, 1.82) is 0 Å².